The number of carbonyl (C=O) groups is 1. The topological polar surface area (TPSA) is 110 Å². The second-order valence-electron chi connectivity index (χ2n) is 8.35. The predicted molar refractivity (Wildman–Crippen MR) is 120 cm³/mol. The zero-order valence-electron chi connectivity index (χ0n) is 18.0. The highest BCUT2D eigenvalue weighted by Gasteiger charge is 2.28. The van der Waals surface area contributed by atoms with Crippen molar-refractivity contribution in [3.05, 3.63) is 42.2 Å². The fourth-order valence-electron chi connectivity index (χ4n) is 3.83. The summed E-state index contributed by atoms with van der Waals surface area (Å²) in [6.45, 7) is 6.83. The Labute approximate surface area is 179 Å². The van der Waals surface area contributed by atoms with Gasteiger partial charge < -0.3 is 10.5 Å². The summed E-state index contributed by atoms with van der Waals surface area (Å²) >= 11 is 1.48. The summed E-state index contributed by atoms with van der Waals surface area (Å²) in [5, 5.41) is 0. The molecule has 1 aliphatic carbocycles. The van der Waals surface area contributed by atoms with Crippen LogP contribution in [0.2, 0.25) is 0 Å². The minimum Gasteiger partial charge on any atom is -0.383 e. The van der Waals surface area contributed by atoms with Gasteiger partial charge in [0.25, 0.3) is 11.5 Å². The van der Waals surface area contributed by atoms with Crippen molar-refractivity contribution < 1.29 is 9.53 Å². The zero-order chi connectivity index (χ0) is 22.0. The summed E-state index contributed by atoms with van der Waals surface area (Å²) in [5.41, 5.74) is 6.21. The molecule has 1 amide bonds. The lowest BCUT2D eigenvalue weighted by Crippen LogP contribution is -2.42. The molecule has 1 aliphatic rings. The van der Waals surface area contributed by atoms with E-state index >= 15 is 0 Å². The van der Waals surface area contributed by atoms with E-state index in [0.717, 1.165) is 19.3 Å². The number of H-pyrrole nitrogens is 1. The van der Waals surface area contributed by atoms with Crippen molar-refractivity contribution in [1.82, 2.24) is 9.55 Å². The highest BCUT2D eigenvalue weighted by molar-refractivity contribution is 7.14. The van der Waals surface area contributed by atoms with E-state index in [0.29, 0.717) is 17.3 Å². The van der Waals surface area contributed by atoms with Gasteiger partial charge in [-0.3, -0.25) is 24.0 Å². The average Bonchev–Trinajstić information content (AvgIpc) is 3.10. The van der Waals surface area contributed by atoms with Gasteiger partial charge in [-0.2, -0.15) is 0 Å². The molecule has 3 rings (SSSR count). The van der Waals surface area contributed by atoms with Gasteiger partial charge in [0.15, 0.2) is 5.69 Å². The van der Waals surface area contributed by atoms with Crippen LogP contribution in [0.3, 0.4) is 0 Å². The Morgan fingerprint density at radius 1 is 1.43 bits per heavy atom. The first-order valence-electron chi connectivity index (χ1n) is 10.3. The van der Waals surface area contributed by atoms with Crippen LogP contribution >= 0.6 is 11.3 Å². The van der Waals surface area contributed by atoms with Crippen LogP contribution < -0.4 is 21.9 Å². The van der Waals surface area contributed by atoms with E-state index in [1.54, 1.807) is 0 Å². The molecule has 3 N–H and O–H groups in total. The first kappa shape index (κ1) is 22.3. The molecule has 1 atom stereocenters. The zero-order valence-corrected chi connectivity index (χ0v) is 18.8. The van der Waals surface area contributed by atoms with Crippen molar-refractivity contribution in [2.75, 3.05) is 30.9 Å². The van der Waals surface area contributed by atoms with E-state index in [-0.39, 0.29) is 36.5 Å². The molecule has 30 heavy (non-hydrogen) atoms. The lowest BCUT2D eigenvalue weighted by Gasteiger charge is -2.24. The van der Waals surface area contributed by atoms with E-state index < -0.39 is 11.2 Å². The van der Waals surface area contributed by atoms with Crippen LogP contribution in [0.5, 0.6) is 0 Å². The minimum atomic E-state index is -0.670. The fraction of sp³-hybridized carbons (Fsp3) is 0.571. The van der Waals surface area contributed by atoms with Gasteiger partial charge in [-0.1, -0.05) is 20.8 Å². The number of amides is 1. The highest BCUT2D eigenvalue weighted by atomic mass is 32.1. The van der Waals surface area contributed by atoms with Crippen LogP contribution in [0.1, 0.15) is 47.3 Å². The van der Waals surface area contributed by atoms with Crippen LogP contribution in [-0.4, -0.2) is 35.7 Å². The molecule has 0 spiro atoms. The van der Waals surface area contributed by atoms with Gasteiger partial charge in [-0.25, -0.2) is 4.79 Å². The number of aromatic nitrogens is 2. The van der Waals surface area contributed by atoms with Crippen molar-refractivity contribution in [1.29, 1.82) is 0 Å². The SMILES string of the molecule is COCCN(C(=O)c1cc2c(s1)CCC(C)C2)c1c(N)n(CC(C)C)c(=O)[nH]c1=O. The number of nitrogen functional groups attached to an aromatic ring is 1. The summed E-state index contributed by atoms with van der Waals surface area (Å²) in [6.07, 6.45) is 3.04. The number of thiophene rings is 1. The monoisotopic (exact) mass is 434 g/mol. The number of nitrogens with zero attached hydrogens (tertiary/aromatic N) is 2. The lowest BCUT2D eigenvalue weighted by molar-refractivity contribution is 0.0979. The molecule has 2 heterocycles. The van der Waals surface area contributed by atoms with Crippen LogP contribution in [0, 0.1) is 11.8 Å². The highest BCUT2D eigenvalue weighted by Crippen LogP contribution is 2.33. The van der Waals surface area contributed by atoms with Crippen LogP contribution in [0.4, 0.5) is 11.5 Å². The number of nitrogens with one attached hydrogen (secondary N) is 1. The number of nitrogens with two attached hydrogens (primary N) is 1. The molecule has 8 nitrogen and oxygen atoms in total. The smallest absolute Gasteiger partial charge is 0.330 e. The molecule has 0 fully saturated rings. The fourth-order valence-corrected chi connectivity index (χ4v) is 4.98. The van der Waals surface area contributed by atoms with Crippen LogP contribution in [0.25, 0.3) is 0 Å². The molecular weight excluding hydrogens is 404 g/mol. The molecule has 1 unspecified atom stereocenters. The number of rotatable bonds is 7. The maximum atomic E-state index is 13.5. The maximum Gasteiger partial charge on any atom is 0.330 e. The minimum absolute atomic E-state index is 0.00274. The van der Waals surface area contributed by atoms with Crippen molar-refractivity contribution in [3.63, 3.8) is 0 Å². The normalized spacial score (nSPS) is 16.0. The molecule has 0 saturated carbocycles. The predicted octanol–water partition coefficient (Wildman–Crippen LogP) is 2.25. The first-order valence-corrected chi connectivity index (χ1v) is 11.1. The number of aryl methyl sites for hydroxylation is 1. The number of methoxy groups -OCH3 is 1. The van der Waals surface area contributed by atoms with Gasteiger partial charge in [0, 0.05) is 25.1 Å². The third-order valence-electron chi connectivity index (χ3n) is 5.34. The Hall–Kier alpha value is -2.39. The van der Waals surface area contributed by atoms with Gasteiger partial charge in [0.1, 0.15) is 5.82 Å². The second-order valence-corrected chi connectivity index (χ2v) is 9.49. The van der Waals surface area contributed by atoms with E-state index in [2.05, 4.69) is 11.9 Å². The number of aromatic amines is 1. The van der Waals surface area contributed by atoms with E-state index in [1.807, 2.05) is 19.9 Å². The Morgan fingerprint density at radius 2 is 2.17 bits per heavy atom. The summed E-state index contributed by atoms with van der Waals surface area (Å²) < 4.78 is 6.48. The van der Waals surface area contributed by atoms with Gasteiger partial charge in [-0.05, 0) is 42.7 Å². The van der Waals surface area contributed by atoms with Gasteiger partial charge in [0.05, 0.1) is 11.5 Å². The molecule has 0 saturated heterocycles. The lowest BCUT2D eigenvalue weighted by atomic mass is 9.90. The number of hydrogen-bond donors (Lipinski definition) is 2. The molecule has 9 heteroatoms. The van der Waals surface area contributed by atoms with Crippen molar-refractivity contribution >= 4 is 28.7 Å². The standard InChI is InChI=1S/C21H30N4O4S/c1-12(2)11-25-18(22)17(19(26)23-21(25)28)24(7-8-29-4)20(27)16-10-14-9-13(3)5-6-15(14)30-16/h10,12-13H,5-9,11,22H2,1-4H3,(H,23,26,28). The molecular formula is C21H30N4O4S. The van der Waals surface area contributed by atoms with Crippen molar-refractivity contribution in [2.45, 2.75) is 46.6 Å². The summed E-state index contributed by atoms with van der Waals surface area (Å²) in [5.74, 6) is 0.429. The van der Waals surface area contributed by atoms with Crippen LogP contribution in [0.15, 0.2) is 15.7 Å². The van der Waals surface area contributed by atoms with Crippen molar-refractivity contribution in [2.24, 2.45) is 11.8 Å². The van der Waals surface area contributed by atoms with E-state index in [1.165, 1.54) is 38.4 Å². The Morgan fingerprint density at radius 3 is 2.83 bits per heavy atom. The van der Waals surface area contributed by atoms with Gasteiger partial charge in [0.2, 0.25) is 0 Å². The number of carbonyl (C=O) groups excluding carboxylic acids is 1. The summed E-state index contributed by atoms with van der Waals surface area (Å²) in [7, 11) is 1.53. The number of ether oxygens (including phenoxy) is 1. The second kappa shape index (κ2) is 9.18. The Bertz CT molecular complexity index is 1040. The van der Waals surface area contributed by atoms with E-state index in [9.17, 15) is 14.4 Å². The quantitative estimate of drug-likeness (QED) is 0.694. The van der Waals surface area contributed by atoms with Crippen LogP contribution in [-0.2, 0) is 24.1 Å². The van der Waals surface area contributed by atoms with Gasteiger partial charge in [-0.15, -0.1) is 11.3 Å². The summed E-state index contributed by atoms with van der Waals surface area (Å²) in [4.78, 5) is 43.9. The Kier molecular flexibility index (Phi) is 6.82. The van der Waals surface area contributed by atoms with E-state index in [4.69, 9.17) is 10.5 Å². The molecule has 0 aromatic carbocycles. The third kappa shape index (κ3) is 4.52. The summed E-state index contributed by atoms with van der Waals surface area (Å²) in [6, 6.07) is 1.94. The van der Waals surface area contributed by atoms with Crippen molar-refractivity contribution in [3.8, 4) is 0 Å². The molecule has 0 aliphatic heterocycles. The number of fused-ring (bicyclic) bond motifs is 1. The first-order chi connectivity index (χ1) is 14.2. The molecule has 0 bridgehead atoms. The molecule has 2 aromatic rings. The number of anilines is 2. The third-order valence-corrected chi connectivity index (χ3v) is 6.56. The molecule has 2 aromatic heterocycles. The Balaban J connectivity index is 2.06. The van der Waals surface area contributed by atoms with Gasteiger partial charge >= 0.3 is 5.69 Å². The largest absolute Gasteiger partial charge is 0.383 e. The number of hydrogen-bond acceptors (Lipinski definition) is 6. The molecule has 0 radical (unpaired) electrons. The average molecular weight is 435 g/mol. The maximum absolute atomic E-state index is 13.5. The molecule has 164 valence electrons.